The zero-order valence-electron chi connectivity index (χ0n) is 21.9. The van der Waals surface area contributed by atoms with Crippen LogP contribution in [0.5, 0.6) is 0 Å². The second kappa shape index (κ2) is 11.8. The molecule has 10 heteroatoms. The highest BCUT2D eigenvalue weighted by molar-refractivity contribution is 5.78. The first-order valence-electron chi connectivity index (χ1n) is 13.2. The Kier molecular flexibility index (Phi) is 8.72. The molecular formula is C28H37F3N4O3. The van der Waals surface area contributed by atoms with E-state index in [0.29, 0.717) is 31.6 Å². The van der Waals surface area contributed by atoms with Crippen LogP contribution in [-0.2, 0) is 11.0 Å². The Bertz CT molecular complexity index is 1080. The van der Waals surface area contributed by atoms with Crippen molar-refractivity contribution in [3.63, 3.8) is 0 Å². The van der Waals surface area contributed by atoms with Crippen molar-refractivity contribution in [3.05, 3.63) is 53.6 Å². The molecule has 2 aromatic carbocycles. The van der Waals surface area contributed by atoms with E-state index in [4.69, 9.17) is 10.4 Å². The molecule has 0 atom stereocenters. The van der Waals surface area contributed by atoms with Crippen LogP contribution in [0.3, 0.4) is 0 Å². The molecule has 7 nitrogen and oxygen atoms in total. The molecule has 1 saturated heterocycles. The topological polar surface area (TPSA) is 79.3 Å². The number of piperidine rings is 1. The second-order valence-electron chi connectivity index (χ2n) is 10.7. The number of amides is 1. The number of nitrogens with one attached hydrogen (secondary N) is 1. The van der Waals surface area contributed by atoms with E-state index in [0.717, 1.165) is 44.6 Å². The van der Waals surface area contributed by atoms with E-state index in [9.17, 15) is 18.0 Å². The molecule has 1 heterocycles. The van der Waals surface area contributed by atoms with Crippen molar-refractivity contribution in [3.8, 4) is 0 Å². The molecule has 2 aliphatic rings. The average Bonchev–Trinajstić information content (AvgIpc) is 2.89. The summed E-state index contributed by atoms with van der Waals surface area (Å²) in [5.41, 5.74) is 0.883. The van der Waals surface area contributed by atoms with Gasteiger partial charge >= 0.3 is 6.18 Å². The molecule has 38 heavy (non-hydrogen) atoms. The van der Waals surface area contributed by atoms with Gasteiger partial charge in [0.25, 0.3) is 0 Å². The van der Waals surface area contributed by atoms with Gasteiger partial charge in [-0.3, -0.25) is 15.2 Å². The fourth-order valence-electron chi connectivity index (χ4n) is 5.67. The molecular weight excluding hydrogens is 497 g/mol. The first-order valence-corrected chi connectivity index (χ1v) is 13.2. The van der Waals surface area contributed by atoms with E-state index in [-0.39, 0.29) is 23.6 Å². The molecule has 0 bridgehead atoms. The summed E-state index contributed by atoms with van der Waals surface area (Å²) in [5.74, 6) is 0.554. The summed E-state index contributed by atoms with van der Waals surface area (Å²) in [5, 5.41) is 20.8. The molecule has 3 N–H and O–H groups in total. The number of hydrogen-bond acceptors (Lipinski definition) is 6. The average molecular weight is 535 g/mol. The van der Waals surface area contributed by atoms with E-state index in [1.807, 2.05) is 11.9 Å². The molecule has 1 aliphatic carbocycles. The SMILES string of the molecule is Cc1ccc(N2CCC(CN(C)C(=O)C3CCC(Nc4ccc(N(O)O)c(C(F)(F)F)c4)CC3)CC2)cc1. The van der Waals surface area contributed by atoms with Gasteiger partial charge in [-0.25, -0.2) is 0 Å². The van der Waals surface area contributed by atoms with Crippen LogP contribution in [0, 0.1) is 18.8 Å². The van der Waals surface area contributed by atoms with Crippen LogP contribution in [0.2, 0.25) is 0 Å². The van der Waals surface area contributed by atoms with Crippen LogP contribution in [-0.4, -0.2) is 53.9 Å². The molecule has 0 aromatic heterocycles. The van der Waals surface area contributed by atoms with Crippen LogP contribution in [0.25, 0.3) is 0 Å². The highest BCUT2D eigenvalue weighted by Crippen LogP contribution is 2.38. The minimum absolute atomic E-state index is 0.0539. The molecule has 1 aliphatic heterocycles. The molecule has 2 aromatic rings. The monoisotopic (exact) mass is 534 g/mol. The first kappa shape index (κ1) is 28.0. The van der Waals surface area contributed by atoms with E-state index < -0.39 is 22.7 Å². The first-order chi connectivity index (χ1) is 18.0. The van der Waals surface area contributed by atoms with Gasteiger partial charge in [-0.15, -0.1) is 5.23 Å². The molecule has 0 spiro atoms. The summed E-state index contributed by atoms with van der Waals surface area (Å²) in [6, 6.07) is 11.8. The van der Waals surface area contributed by atoms with Crippen molar-refractivity contribution in [1.82, 2.24) is 4.90 Å². The number of carbonyl (C=O) groups excluding carboxylic acids is 1. The third-order valence-corrected chi connectivity index (χ3v) is 7.89. The lowest BCUT2D eigenvalue weighted by Crippen LogP contribution is -2.42. The summed E-state index contributed by atoms with van der Waals surface area (Å²) in [6.45, 7) is 4.80. The van der Waals surface area contributed by atoms with Gasteiger partial charge in [0.1, 0.15) is 5.69 Å². The van der Waals surface area contributed by atoms with Crippen molar-refractivity contribution in [2.75, 3.05) is 42.1 Å². The normalized spacial score (nSPS) is 20.8. The van der Waals surface area contributed by atoms with Gasteiger partial charge in [-0.1, -0.05) is 17.7 Å². The number of benzene rings is 2. The van der Waals surface area contributed by atoms with Crippen molar-refractivity contribution in [2.45, 2.75) is 57.7 Å². The highest BCUT2D eigenvalue weighted by Gasteiger charge is 2.36. The second-order valence-corrected chi connectivity index (χ2v) is 10.7. The third kappa shape index (κ3) is 6.91. The Morgan fingerprint density at radius 2 is 1.63 bits per heavy atom. The lowest BCUT2D eigenvalue weighted by Gasteiger charge is -2.36. The molecule has 1 amide bonds. The number of nitrogens with zero attached hydrogens (tertiary/aromatic N) is 3. The van der Waals surface area contributed by atoms with Crippen LogP contribution in [0.4, 0.5) is 30.2 Å². The lowest BCUT2D eigenvalue weighted by atomic mass is 9.84. The van der Waals surface area contributed by atoms with Gasteiger partial charge in [0.2, 0.25) is 5.91 Å². The summed E-state index contributed by atoms with van der Waals surface area (Å²) in [6.07, 6.45) is 0.0673. The van der Waals surface area contributed by atoms with Crippen molar-refractivity contribution < 1.29 is 28.4 Å². The van der Waals surface area contributed by atoms with Crippen LogP contribution in [0.1, 0.15) is 49.7 Å². The van der Waals surface area contributed by atoms with Crippen molar-refractivity contribution >= 4 is 23.0 Å². The number of rotatable bonds is 7. The number of hydrogen-bond donors (Lipinski definition) is 3. The summed E-state index contributed by atoms with van der Waals surface area (Å²) in [4.78, 5) is 17.4. The van der Waals surface area contributed by atoms with Crippen molar-refractivity contribution in [2.24, 2.45) is 11.8 Å². The maximum Gasteiger partial charge on any atom is 0.418 e. The Morgan fingerprint density at radius 1 is 1.00 bits per heavy atom. The van der Waals surface area contributed by atoms with Gasteiger partial charge in [0.05, 0.1) is 5.56 Å². The number of alkyl halides is 3. The lowest BCUT2D eigenvalue weighted by molar-refractivity contribution is -0.138. The smallest absolute Gasteiger partial charge is 0.382 e. The number of aryl methyl sites for hydroxylation is 1. The number of anilines is 3. The summed E-state index contributed by atoms with van der Waals surface area (Å²) >= 11 is 0. The van der Waals surface area contributed by atoms with E-state index in [1.54, 1.807) is 0 Å². The third-order valence-electron chi connectivity index (χ3n) is 7.89. The molecule has 1 saturated carbocycles. The quantitative estimate of drug-likeness (QED) is 0.382. The molecule has 208 valence electrons. The van der Waals surface area contributed by atoms with Gasteiger partial charge in [0, 0.05) is 50.0 Å². The van der Waals surface area contributed by atoms with E-state index >= 15 is 0 Å². The zero-order chi connectivity index (χ0) is 27.4. The van der Waals surface area contributed by atoms with E-state index in [1.165, 1.54) is 17.3 Å². The number of carbonyl (C=O) groups is 1. The van der Waals surface area contributed by atoms with Gasteiger partial charge in [-0.2, -0.15) is 13.2 Å². The Balaban J connectivity index is 1.24. The zero-order valence-corrected chi connectivity index (χ0v) is 21.9. The maximum atomic E-state index is 13.3. The Labute approximate surface area is 221 Å². The standard InChI is InChI=1S/C28H37F3N4O3/c1-19-3-10-24(11-4-19)34-15-13-20(14-16-34)18-33(2)27(36)21-5-7-22(8-6-21)32-23-9-12-26(35(37)38)25(17-23)28(29,30)31/h3-4,9-12,17,20-22,32,37-38H,5-8,13-16,18H2,1-2H3. The van der Waals surface area contributed by atoms with E-state index in [2.05, 4.69) is 41.4 Å². The Morgan fingerprint density at radius 3 is 2.21 bits per heavy atom. The maximum absolute atomic E-state index is 13.3. The van der Waals surface area contributed by atoms with Crippen LogP contribution >= 0.6 is 0 Å². The number of halogens is 3. The molecule has 2 fully saturated rings. The predicted octanol–water partition coefficient (Wildman–Crippen LogP) is 5.94. The molecule has 4 rings (SSSR count). The van der Waals surface area contributed by atoms with Crippen LogP contribution < -0.4 is 15.4 Å². The van der Waals surface area contributed by atoms with Gasteiger partial charge in [0.15, 0.2) is 0 Å². The highest BCUT2D eigenvalue weighted by atomic mass is 19.4. The largest absolute Gasteiger partial charge is 0.418 e. The fraction of sp³-hybridized carbons (Fsp3) is 0.536. The van der Waals surface area contributed by atoms with Gasteiger partial charge < -0.3 is 15.1 Å². The predicted molar refractivity (Wildman–Crippen MR) is 141 cm³/mol. The summed E-state index contributed by atoms with van der Waals surface area (Å²) in [7, 11) is 1.88. The summed E-state index contributed by atoms with van der Waals surface area (Å²) < 4.78 is 40.0. The molecule has 0 unspecified atom stereocenters. The van der Waals surface area contributed by atoms with Gasteiger partial charge in [-0.05, 0) is 81.7 Å². The van der Waals surface area contributed by atoms with Crippen LogP contribution in [0.15, 0.2) is 42.5 Å². The minimum atomic E-state index is -4.73. The minimum Gasteiger partial charge on any atom is -0.382 e. The fourth-order valence-corrected chi connectivity index (χ4v) is 5.67. The Hall–Kier alpha value is -2.98. The molecule has 0 radical (unpaired) electrons. The van der Waals surface area contributed by atoms with Crippen molar-refractivity contribution in [1.29, 1.82) is 0 Å².